The number of carbonyl (C=O) groups excluding carboxylic acids is 1. The lowest BCUT2D eigenvalue weighted by Gasteiger charge is -2.09. The zero-order valence-electron chi connectivity index (χ0n) is 15.7. The van der Waals surface area contributed by atoms with Crippen molar-refractivity contribution >= 4 is 22.9 Å². The van der Waals surface area contributed by atoms with Crippen molar-refractivity contribution in [2.24, 2.45) is 0 Å². The molecule has 0 spiro atoms. The Bertz CT molecular complexity index is 900. The highest BCUT2D eigenvalue weighted by Gasteiger charge is 2.12. The number of benzene rings is 2. The number of para-hydroxylation sites is 2. The van der Waals surface area contributed by atoms with E-state index in [1.807, 2.05) is 47.8 Å². The quantitative estimate of drug-likeness (QED) is 0.570. The van der Waals surface area contributed by atoms with Crippen LogP contribution >= 0.6 is 11.3 Å². The Morgan fingerprint density at radius 3 is 2.56 bits per heavy atom. The van der Waals surface area contributed by atoms with Gasteiger partial charge in [-0.15, -0.1) is 11.3 Å². The van der Waals surface area contributed by atoms with Crippen LogP contribution in [-0.2, 0) is 6.61 Å². The fraction of sp³-hybridized carbons (Fsp3) is 0.227. The van der Waals surface area contributed by atoms with E-state index in [9.17, 15) is 4.79 Å². The van der Waals surface area contributed by atoms with Crippen LogP contribution in [0.4, 0.5) is 5.69 Å². The molecule has 0 bridgehead atoms. The van der Waals surface area contributed by atoms with Gasteiger partial charge in [0.05, 0.1) is 17.7 Å². The number of rotatable bonds is 7. The Hall–Kier alpha value is -2.79. The largest absolute Gasteiger partial charge is 0.495 e. The van der Waals surface area contributed by atoms with Crippen LogP contribution in [0.2, 0.25) is 0 Å². The number of nitrogens with one attached hydrogen (secondary N) is 1. The fourth-order valence-corrected chi connectivity index (χ4v) is 3.41. The molecule has 1 amide bonds. The standard InChI is InChI=1S/C22H23NO3S/c1-15(2)17-8-10-18(11-9-17)26-13-16-12-21(27-14-16)22(24)23-19-6-4-5-7-20(19)25-3/h4-12,14-15H,13H2,1-3H3,(H,23,24). The normalized spacial score (nSPS) is 10.7. The van der Waals surface area contributed by atoms with E-state index in [1.54, 1.807) is 7.11 Å². The van der Waals surface area contributed by atoms with Crippen LogP contribution in [0.25, 0.3) is 0 Å². The molecule has 0 radical (unpaired) electrons. The van der Waals surface area contributed by atoms with Gasteiger partial charge in [-0.3, -0.25) is 4.79 Å². The van der Waals surface area contributed by atoms with Gasteiger partial charge in [-0.05, 0) is 47.2 Å². The van der Waals surface area contributed by atoms with E-state index < -0.39 is 0 Å². The van der Waals surface area contributed by atoms with Crippen LogP contribution in [0.15, 0.2) is 60.0 Å². The van der Waals surface area contributed by atoms with Crippen LogP contribution in [0, 0.1) is 0 Å². The first kappa shape index (κ1) is 19.0. The maximum Gasteiger partial charge on any atom is 0.265 e. The zero-order valence-corrected chi connectivity index (χ0v) is 16.5. The van der Waals surface area contributed by atoms with Crippen LogP contribution < -0.4 is 14.8 Å². The minimum atomic E-state index is -0.156. The van der Waals surface area contributed by atoms with E-state index in [-0.39, 0.29) is 5.91 Å². The number of ether oxygens (including phenoxy) is 2. The molecule has 0 saturated carbocycles. The Morgan fingerprint density at radius 1 is 1.11 bits per heavy atom. The second kappa shape index (κ2) is 8.73. The number of carbonyl (C=O) groups is 1. The van der Waals surface area contributed by atoms with Crippen molar-refractivity contribution in [3.63, 3.8) is 0 Å². The molecule has 0 aliphatic carbocycles. The molecule has 27 heavy (non-hydrogen) atoms. The first-order valence-electron chi connectivity index (χ1n) is 8.81. The fourth-order valence-electron chi connectivity index (χ4n) is 2.62. The lowest BCUT2D eigenvalue weighted by Crippen LogP contribution is -2.11. The molecular weight excluding hydrogens is 358 g/mol. The van der Waals surface area contributed by atoms with Crippen molar-refractivity contribution in [2.75, 3.05) is 12.4 Å². The van der Waals surface area contributed by atoms with Crippen molar-refractivity contribution in [1.29, 1.82) is 0 Å². The SMILES string of the molecule is COc1ccccc1NC(=O)c1cc(COc2ccc(C(C)C)cc2)cs1. The molecule has 0 unspecified atom stereocenters. The van der Waals surface area contributed by atoms with Gasteiger partial charge in [0.2, 0.25) is 0 Å². The molecule has 3 aromatic rings. The molecule has 0 saturated heterocycles. The maximum atomic E-state index is 12.5. The highest BCUT2D eigenvalue weighted by molar-refractivity contribution is 7.12. The summed E-state index contributed by atoms with van der Waals surface area (Å²) in [5, 5.41) is 4.83. The van der Waals surface area contributed by atoms with E-state index in [0.29, 0.717) is 28.8 Å². The third kappa shape index (κ3) is 4.89. The van der Waals surface area contributed by atoms with Gasteiger partial charge in [-0.1, -0.05) is 38.1 Å². The summed E-state index contributed by atoms with van der Waals surface area (Å²) in [5.74, 6) is 1.80. The topological polar surface area (TPSA) is 47.6 Å². The van der Waals surface area contributed by atoms with Gasteiger partial charge in [0.25, 0.3) is 5.91 Å². The van der Waals surface area contributed by atoms with Gasteiger partial charge < -0.3 is 14.8 Å². The number of thiophene rings is 1. The molecular formula is C22H23NO3S. The molecule has 0 aliphatic heterocycles. The predicted molar refractivity (Wildman–Crippen MR) is 110 cm³/mol. The van der Waals surface area contributed by atoms with E-state index in [4.69, 9.17) is 9.47 Å². The van der Waals surface area contributed by atoms with Crippen molar-refractivity contribution in [2.45, 2.75) is 26.4 Å². The van der Waals surface area contributed by atoms with Crippen LogP contribution in [0.3, 0.4) is 0 Å². The first-order valence-corrected chi connectivity index (χ1v) is 9.69. The molecule has 2 aromatic carbocycles. The third-order valence-corrected chi connectivity index (χ3v) is 5.16. The Morgan fingerprint density at radius 2 is 1.85 bits per heavy atom. The minimum absolute atomic E-state index is 0.156. The van der Waals surface area contributed by atoms with E-state index in [2.05, 4.69) is 31.3 Å². The van der Waals surface area contributed by atoms with Crippen LogP contribution in [0.5, 0.6) is 11.5 Å². The van der Waals surface area contributed by atoms with Gasteiger partial charge in [0.1, 0.15) is 18.1 Å². The van der Waals surface area contributed by atoms with Gasteiger partial charge in [-0.2, -0.15) is 0 Å². The molecule has 3 rings (SSSR count). The van der Waals surface area contributed by atoms with Crippen molar-refractivity contribution < 1.29 is 14.3 Å². The van der Waals surface area contributed by atoms with E-state index >= 15 is 0 Å². The second-order valence-electron chi connectivity index (χ2n) is 6.49. The first-order chi connectivity index (χ1) is 13.1. The summed E-state index contributed by atoms with van der Waals surface area (Å²) >= 11 is 1.40. The molecule has 1 N–H and O–H groups in total. The van der Waals surface area contributed by atoms with Crippen molar-refractivity contribution in [3.8, 4) is 11.5 Å². The molecule has 0 aliphatic rings. The average molecular weight is 381 g/mol. The van der Waals surface area contributed by atoms with Crippen LogP contribution in [0.1, 0.15) is 40.6 Å². The van der Waals surface area contributed by atoms with Gasteiger partial charge in [0, 0.05) is 5.56 Å². The number of hydrogen-bond donors (Lipinski definition) is 1. The van der Waals surface area contributed by atoms with Crippen molar-refractivity contribution in [3.05, 3.63) is 76.0 Å². The molecule has 5 heteroatoms. The summed E-state index contributed by atoms with van der Waals surface area (Å²) in [6, 6.07) is 17.3. The predicted octanol–water partition coefficient (Wildman–Crippen LogP) is 5.71. The van der Waals surface area contributed by atoms with Crippen molar-refractivity contribution in [1.82, 2.24) is 0 Å². The number of amides is 1. The maximum absolute atomic E-state index is 12.5. The Kier molecular flexibility index (Phi) is 6.14. The smallest absolute Gasteiger partial charge is 0.265 e. The number of anilines is 1. The Balaban J connectivity index is 1.60. The van der Waals surface area contributed by atoms with E-state index in [0.717, 1.165) is 11.3 Å². The molecule has 1 aromatic heterocycles. The average Bonchev–Trinajstić information content (AvgIpc) is 3.16. The number of hydrogen-bond acceptors (Lipinski definition) is 4. The molecule has 0 fully saturated rings. The molecule has 1 heterocycles. The second-order valence-corrected chi connectivity index (χ2v) is 7.40. The van der Waals surface area contributed by atoms with Gasteiger partial charge in [-0.25, -0.2) is 0 Å². The zero-order chi connectivity index (χ0) is 19.2. The summed E-state index contributed by atoms with van der Waals surface area (Å²) in [7, 11) is 1.58. The van der Waals surface area contributed by atoms with Gasteiger partial charge in [0.15, 0.2) is 0 Å². The molecule has 0 atom stereocenters. The summed E-state index contributed by atoms with van der Waals surface area (Å²) in [5.41, 5.74) is 2.91. The Labute approximate surface area is 163 Å². The molecule has 140 valence electrons. The highest BCUT2D eigenvalue weighted by atomic mass is 32.1. The lowest BCUT2D eigenvalue weighted by molar-refractivity contribution is 0.103. The summed E-state index contributed by atoms with van der Waals surface area (Å²) < 4.78 is 11.1. The minimum Gasteiger partial charge on any atom is -0.495 e. The number of methoxy groups -OCH3 is 1. The van der Waals surface area contributed by atoms with Crippen LogP contribution in [-0.4, -0.2) is 13.0 Å². The molecule has 4 nitrogen and oxygen atoms in total. The lowest BCUT2D eigenvalue weighted by atomic mass is 10.0. The summed E-state index contributed by atoms with van der Waals surface area (Å²) in [6.45, 7) is 4.76. The van der Waals surface area contributed by atoms with Gasteiger partial charge >= 0.3 is 0 Å². The summed E-state index contributed by atoms with van der Waals surface area (Å²) in [4.78, 5) is 13.1. The third-order valence-electron chi connectivity index (χ3n) is 4.18. The monoisotopic (exact) mass is 381 g/mol. The summed E-state index contributed by atoms with van der Waals surface area (Å²) in [6.07, 6.45) is 0. The highest BCUT2D eigenvalue weighted by Crippen LogP contribution is 2.25. The van der Waals surface area contributed by atoms with E-state index in [1.165, 1.54) is 16.9 Å².